The van der Waals surface area contributed by atoms with Crippen LogP contribution in [0.25, 0.3) is 0 Å². The first-order chi connectivity index (χ1) is 11.7. The SMILES string of the molecule is Cl.Cl.O=C(c1ccc(Cl)cn1)N(Cc1cncnc1)C1CCCNCC1. The minimum absolute atomic E-state index is 0. The Morgan fingerprint density at radius 3 is 2.62 bits per heavy atom. The second-order valence-electron chi connectivity index (χ2n) is 5.88. The maximum Gasteiger partial charge on any atom is 0.272 e. The van der Waals surface area contributed by atoms with Crippen LogP contribution in [0.3, 0.4) is 0 Å². The Kier molecular flexibility index (Phi) is 9.80. The third kappa shape index (κ3) is 6.06. The number of pyridine rings is 1. The van der Waals surface area contributed by atoms with Crippen LogP contribution in [-0.2, 0) is 6.54 Å². The van der Waals surface area contributed by atoms with Crippen LogP contribution in [-0.4, -0.2) is 44.9 Å². The molecule has 6 nitrogen and oxygen atoms in total. The van der Waals surface area contributed by atoms with E-state index < -0.39 is 0 Å². The van der Waals surface area contributed by atoms with Crippen LogP contribution in [0.5, 0.6) is 0 Å². The standard InChI is InChI=1S/C17H20ClN5O.2ClH/c18-14-3-4-16(22-10-14)17(24)23(11-13-8-20-12-21-9-13)15-2-1-6-19-7-5-15;;/h3-4,8-10,12,15,19H,1-2,5-7,11H2;2*1H. The van der Waals surface area contributed by atoms with E-state index in [-0.39, 0.29) is 36.8 Å². The predicted molar refractivity (Wildman–Crippen MR) is 106 cm³/mol. The van der Waals surface area contributed by atoms with Crippen LogP contribution in [0.4, 0.5) is 0 Å². The molecule has 1 atom stereocenters. The number of nitrogens with one attached hydrogen (secondary N) is 1. The van der Waals surface area contributed by atoms with E-state index >= 15 is 0 Å². The first-order valence-corrected chi connectivity index (χ1v) is 8.49. The fraction of sp³-hybridized carbons (Fsp3) is 0.412. The highest BCUT2D eigenvalue weighted by Gasteiger charge is 2.26. The smallest absolute Gasteiger partial charge is 0.272 e. The van der Waals surface area contributed by atoms with Gasteiger partial charge in [0.15, 0.2) is 0 Å². The predicted octanol–water partition coefficient (Wildman–Crippen LogP) is 3.15. The molecule has 0 bridgehead atoms. The molecule has 0 aliphatic carbocycles. The molecule has 0 radical (unpaired) electrons. The van der Waals surface area contributed by atoms with Crippen molar-refractivity contribution >= 4 is 42.3 Å². The molecule has 0 spiro atoms. The average molecular weight is 419 g/mol. The molecule has 1 amide bonds. The highest BCUT2D eigenvalue weighted by atomic mass is 35.5. The minimum atomic E-state index is -0.0811. The van der Waals surface area contributed by atoms with Crippen molar-refractivity contribution in [3.05, 3.63) is 53.3 Å². The van der Waals surface area contributed by atoms with E-state index in [9.17, 15) is 4.79 Å². The normalized spacial score (nSPS) is 16.6. The number of carbonyl (C=O) groups is 1. The lowest BCUT2D eigenvalue weighted by Gasteiger charge is -2.31. The van der Waals surface area contributed by atoms with Crippen LogP contribution in [0.15, 0.2) is 37.1 Å². The summed E-state index contributed by atoms with van der Waals surface area (Å²) in [5, 5.41) is 3.91. The Morgan fingerprint density at radius 1 is 1.15 bits per heavy atom. The largest absolute Gasteiger partial charge is 0.330 e. The summed E-state index contributed by atoms with van der Waals surface area (Å²) in [5.41, 5.74) is 1.32. The highest BCUT2D eigenvalue weighted by molar-refractivity contribution is 6.30. The zero-order chi connectivity index (χ0) is 16.8. The number of nitrogens with zero attached hydrogens (tertiary/aromatic N) is 4. The number of halogens is 3. The van der Waals surface area contributed by atoms with Crippen molar-refractivity contribution in [2.45, 2.75) is 31.8 Å². The lowest BCUT2D eigenvalue weighted by Crippen LogP contribution is -2.40. The highest BCUT2D eigenvalue weighted by Crippen LogP contribution is 2.19. The summed E-state index contributed by atoms with van der Waals surface area (Å²) in [6.07, 6.45) is 9.44. The van der Waals surface area contributed by atoms with E-state index in [0.717, 1.165) is 37.9 Å². The molecule has 1 fully saturated rings. The second-order valence-corrected chi connectivity index (χ2v) is 6.31. The molecule has 1 unspecified atom stereocenters. The van der Waals surface area contributed by atoms with Gasteiger partial charge in [-0.2, -0.15) is 0 Å². The molecule has 3 rings (SSSR count). The van der Waals surface area contributed by atoms with Gasteiger partial charge in [0.05, 0.1) is 5.02 Å². The molecule has 2 aromatic rings. The van der Waals surface area contributed by atoms with Gasteiger partial charge < -0.3 is 10.2 Å². The van der Waals surface area contributed by atoms with Crippen molar-refractivity contribution in [1.29, 1.82) is 0 Å². The van der Waals surface area contributed by atoms with Crippen LogP contribution in [0.1, 0.15) is 35.3 Å². The fourth-order valence-corrected chi connectivity index (χ4v) is 3.05. The molecule has 2 aromatic heterocycles. The molecule has 26 heavy (non-hydrogen) atoms. The lowest BCUT2D eigenvalue weighted by atomic mass is 10.1. The van der Waals surface area contributed by atoms with E-state index in [1.807, 2.05) is 4.90 Å². The van der Waals surface area contributed by atoms with Crippen molar-refractivity contribution in [2.24, 2.45) is 0 Å². The summed E-state index contributed by atoms with van der Waals surface area (Å²) >= 11 is 5.88. The summed E-state index contributed by atoms with van der Waals surface area (Å²) in [6.45, 7) is 2.38. The van der Waals surface area contributed by atoms with Gasteiger partial charge in [-0.05, 0) is 44.5 Å². The van der Waals surface area contributed by atoms with Crippen molar-refractivity contribution < 1.29 is 4.79 Å². The number of aromatic nitrogens is 3. The first-order valence-electron chi connectivity index (χ1n) is 8.11. The van der Waals surface area contributed by atoms with Gasteiger partial charge in [0, 0.05) is 36.7 Å². The molecule has 0 saturated carbocycles. The van der Waals surface area contributed by atoms with Gasteiger partial charge >= 0.3 is 0 Å². The second kappa shape index (κ2) is 11.3. The third-order valence-electron chi connectivity index (χ3n) is 4.16. The van der Waals surface area contributed by atoms with Crippen molar-refractivity contribution in [1.82, 2.24) is 25.2 Å². The molecule has 1 aliphatic heterocycles. The number of rotatable bonds is 4. The van der Waals surface area contributed by atoms with Gasteiger partial charge in [-0.3, -0.25) is 4.79 Å². The van der Waals surface area contributed by atoms with Crippen molar-refractivity contribution in [3.63, 3.8) is 0 Å². The molecule has 1 aliphatic rings. The summed E-state index contributed by atoms with van der Waals surface area (Å²) in [6, 6.07) is 3.54. The maximum atomic E-state index is 13.0. The lowest BCUT2D eigenvalue weighted by molar-refractivity contribution is 0.0639. The van der Waals surface area contributed by atoms with E-state index in [2.05, 4.69) is 20.3 Å². The van der Waals surface area contributed by atoms with E-state index in [1.165, 1.54) is 12.5 Å². The summed E-state index contributed by atoms with van der Waals surface area (Å²) < 4.78 is 0. The molecule has 142 valence electrons. The van der Waals surface area contributed by atoms with Gasteiger partial charge in [-0.25, -0.2) is 15.0 Å². The number of hydrogen-bond donors (Lipinski definition) is 1. The van der Waals surface area contributed by atoms with Gasteiger partial charge in [0.1, 0.15) is 12.0 Å². The fourth-order valence-electron chi connectivity index (χ4n) is 2.94. The topological polar surface area (TPSA) is 71.0 Å². The van der Waals surface area contributed by atoms with Crippen LogP contribution < -0.4 is 5.32 Å². The van der Waals surface area contributed by atoms with Gasteiger partial charge in [0.25, 0.3) is 5.91 Å². The summed E-state index contributed by atoms with van der Waals surface area (Å²) in [5.74, 6) is -0.0811. The minimum Gasteiger partial charge on any atom is -0.330 e. The van der Waals surface area contributed by atoms with Crippen molar-refractivity contribution in [2.75, 3.05) is 13.1 Å². The Hall–Kier alpha value is -1.47. The zero-order valence-electron chi connectivity index (χ0n) is 14.2. The Balaban J connectivity index is 0.00000169. The van der Waals surface area contributed by atoms with E-state index in [0.29, 0.717) is 17.3 Å². The number of amides is 1. The molecule has 1 saturated heterocycles. The van der Waals surface area contributed by atoms with Crippen LogP contribution >= 0.6 is 36.4 Å². The number of carbonyl (C=O) groups excluding carboxylic acids is 1. The van der Waals surface area contributed by atoms with Gasteiger partial charge in [-0.1, -0.05) is 11.6 Å². The zero-order valence-corrected chi connectivity index (χ0v) is 16.6. The Morgan fingerprint density at radius 2 is 1.92 bits per heavy atom. The van der Waals surface area contributed by atoms with E-state index in [1.54, 1.807) is 24.5 Å². The Labute approximate surface area is 170 Å². The maximum absolute atomic E-state index is 13.0. The van der Waals surface area contributed by atoms with Crippen LogP contribution in [0.2, 0.25) is 5.02 Å². The summed E-state index contributed by atoms with van der Waals surface area (Å²) in [7, 11) is 0. The average Bonchev–Trinajstić information content (AvgIpc) is 2.90. The quantitative estimate of drug-likeness (QED) is 0.826. The molecule has 0 aromatic carbocycles. The molecule has 3 heterocycles. The summed E-state index contributed by atoms with van der Waals surface area (Å²) in [4.78, 5) is 27.2. The van der Waals surface area contributed by atoms with Crippen molar-refractivity contribution in [3.8, 4) is 0 Å². The third-order valence-corrected chi connectivity index (χ3v) is 4.38. The monoisotopic (exact) mass is 417 g/mol. The van der Waals surface area contributed by atoms with E-state index in [4.69, 9.17) is 11.6 Å². The molecular weight excluding hydrogens is 397 g/mol. The molecule has 9 heteroatoms. The molecular formula is C17H22Cl3N5O. The van der Waals surface area contributed by atoms with Gasteiger partial charge in [-0.15, -0.1) is 24.8 Å². The van der Waals surface area contributed by atoms with Gasteiger partial charge in [0.2, 0.25) is 0 Å². The first kappa shape index (κ1) is 22.6. The van der Waals surface area contributed by atoms with Crippen LogP contribution in [0, 0.1) is 0 Å². The Bertz CT molecular complexity index is 664. The molecule has 1 N–H and O–H groups in total. The number of hydrogen-bond acceptors (Lipinski definition) is 5.